The molecule has 1 fully saturated rings. The van der Waals surface area contributed by atoms with Gasteiger partial charge in [-0.2, -0.15) is 0 Å². The van der Waals surface area contributed by atoms with Crippen LogP contribution in [-0.2, 0) is 11.4 Å². The maximum absolute atomic E-state index is 12.9. The molecule has 1 saturated heterocycles. The normalized spacial score (nSPS) is 14.7. The third kappa shape index (κ3) is 4.28. The number of amides is 2. The Labute approximate surface area is 201 Å². The number of carbonyl (C=O) groups excluding carboxylic acids is 2. The average Bonchev–Trinajstić information content (AvgIpc) is 3.15. The number of ether oxygens (including phenoxy) is 2. The number of hydrogen-bond donors (Lipinski definition) is 0. The van der Waals surface area contributed by atoms with Crippen LogP contribution in [0.2, 0.25) is 0 Å². The van der Waals surface area contributed by atoms with Gasteiger partial charge in [0.05, 0.1) is 17.7 Å². The van der Waals surface area contributed by atoms with E-state index in [2.05, 4.69) is 18.2 Å². The molecule has 0 unspecified atom stereocenters. The predicted octanol–water partition coefficient (Wildman–Crippen LogP) is 6.67. The highest BCUT2D eigenvalue weighted by atomic mass is 32.2. The van der Waals surface area contributed by atoms with Crippen LogP contribution in [0.15, 0.2) is 95.9 Å². The lowest BCUT2D eigenvalue weighted by Crippen LogP contribution is -2.27. The summed E-state index contributed by atoms with van der Waals surface area (Å²) in [5.74, 6) is 0.817. The molecule has 0 aliphatic carbocycles. The van der Waals surface area contributed by atoms with Gasteiger partial charge in [-0.05, 0) is 64.0 Å². The number of carbonyl (C=O) groups is 2. The van der Waals surface area contributed by atoms with Gasteiger partial charge in [0.2, 0.25) is 0 Å². The summed E-state index contributed by atoms with van der Waals surface area (Å²) in [6, 6.07) is 28.7. The van der Waals surface area contributed by atoms with Crippen molar-refractivity contribution in [3.05, 3.63) is 107 Å². The van der Waals surface area contributed by atoms with Crippen molar-refractivity contribution in [2.45, 2.75) is 6.61 Å². The number of hydrogen-bond acceptors (Lipinski definition) is 5. The highest BCUT2D eigenvalue weighted by molar-refractivity contribution is 8.19. The average molecular weight is 468 g/mol. The van der Waals surface area contributed by atoms with Gasteiger partial charge in [0.25, 0.3) is 11.1 Å². The van der Waals surface area contributed by atoms with Gasteiger partial charge in [0, 0.05) is 0 Å². The van der Waals surface area contributed by atoms with Gasteiger partial charge in [-0.3, -0.25) is 9.59 Å². The Kier molecular flexibility index (Phi) is 6.06. The minimum absolute atomic E-state index is 0.315. The quantitative estimate of drug-likeness (QED) is 0.297. The monoisotopic (exact) mass is 467 g/mol. The van der Waals surface area contributed by atoms with Crippen molar-refractivity contribution >= 4 is 45.4 Å². The summed E-state index contributed by atoms with van der Waals surface area (Å²) >= 11 is 0.924. The zero-order chi connectivity index (χ0) is 23.5. The SMILES string of the molecule is COc1cc(/C=C2/SC(=O)N(c3ccccc3)C2=O)ccc1OCc1cccc2ccccc12. The Morgan fingerprint density at radius 2 is 1.62 bits per heavy atom. The van der Waals surface area contributed by atoms with Gasteiger partial charge in [-0.1, -0.05) is 66.7 Å². The summed E-state index contributed by atoms with van der Waals surface area (Å²) in [6.07, 6.45) is 1.70. The largest absolute Gasteiger partial charge is 0.493 e. The number of fused-ring (bicyclic) bond motifs is 1. The van der Waals surface area contributed by atoms with Crippen molar-refractivity contribution in [1.82, 2.24) is 0 Å². The molecule has 4 aromatic rings. The van der Waals surface area contributed by atoms with Crippen molar-refractivity contribution in [3.63, 3.8) is 0 Å². The van der Waals surface area contributed by atoms with Gasteiger partial charge >= 0.3 is 0 Å². The summed E-state index contributed by atoms with van der Waals surface area (Å²) in [6.45, 7) is 0.396. The van der Waals surface area contributed by atoms with Crippen LogP contribution in [0.25, 0.3) is 16.8 Å². The molecular formula is C28H21NO4S. The number of methoxy groups -OCH3 is 1. The predicted molar refractivity (Wildman–Crippen MR) is 136 cm³/mol. The lowest BCUT2D eigenvalue weighted by atomic mass is 10.1. The standard InChI is InChI=1S/C28H21NO4S/c1-32-25-16-19(17-26-27(30)29(28(31)34-26)22-11-3-2-4-12-22)14-15-24(25)33-18-21-10-7-9-20-8-5-6-13-23(20)21/h2-17H,18H2,1H3/b26-17+. The fraction of sp³-hybridized carbons (Fsp3) is 0.0714. The Hall–Kier alpha value is -4.03. The molecule has 1 heterocycles. The molecule has 0 aromatic heterocycles. The Bertz CT molecular complexity index is 1410. The van der Waals surface area contributed by atoms with Crippen LogP contribution in [0, 0.1) is 0 Å². The van der Waals surface area contributed by atoms with Crippen molar-refractivity contribution in [3.8, 4) is 11.5 Å². The summed E-state index contributed by atoms with van der Waals surface area (Å²) in [5.41, 5.74) is 2.38. The lowest BCUT2D eigenvalue weighted by molar-refractivity contribution is -0.113. The molecule has 4 aromatic carbocycles. The van der Waals surface area contributed by atoms with E-state index in [0.29, 0.717) is 28.7 Å². The first-order valence-corrected chi connectivity index (χ1v) is 11.6. The molecule has 6 heteroatoms. The fourth-order valence-corrected chi connectivity index (χ4v) is 4.73. The highest BCUT2D eigenvalue weighted by Crippen LogP contribution is 2.37. The highest BCUT2D eigenvalue weighted by Gasteiger charge is 2.36. The van der Waals surface area contributed by atoms with Gasteiger partial charge in [0.15, 0.2) is 11.5 Å². The van der Waals surface area contributed by atoms with E-state index in [0.717, 1.165) is 33.7 Å². The van der Waals surface area contributed by atoms with Crippen molar-refractivity contribution < 1.29 is 19.1 Å². The van der Waals surface area contributed by atoms with E-state index < -0.39 is 0 Å². The number of anilines is 1. The van der Waals surface area contributed by atoms with E-state index >= 15 is 0 Å². The molecule has 5 rings (SSSR count). The number of thioether (sulfide) groups is 1. The molecule has 0 spiro atoms. The molecule has 0 atom stereocenters. The number of benzene rings is 4. The van der Waals surface area contributed by atoms with Gasteiger partial charge in [0.1, 0.15) is 6.61 Å². The van der Waals surface area contributed by atoms with Crippen LogP contribution in [0.4, 0.5) is 10.5 Å². The molecule has 0 saturated carbocycles. The van der Waals surface area contributed by atoms with Crippen molar-refractivity contribution in [1.29, 1.82) is 0 Å². The maximum atomic E-state index is 12.9. The van der Waals surface area contributed by atoms with Crippen LogP contribution < -0.4 is 14.4 Å². The number of para-hydroxylation sites is 1. The molecule has 0 bridgehead atoms. The number of rotatable bonds is 6. The van der Waals surface area contributed by atoms with E-state index in [4.69, 9.17) is 9.47 Å². The molecule has 34 heavy (non-hydrogen) atoms. The Balaban J connectivity index is 1.36. The minimum atomic E-state index is -0.337. The Morgan fingerprint density at radius 1 is 0.853 bits per heavy atom. The van der Waals surface area contributed by atoms with Crippen LogP contribution in [-0.4, -0.2) is 18.3 Å². The van der Waals surface area contributed by atoms with E-state index in [1.807, 2.05) is 42.5 Å². The zero-order valence-electron chi connectivity index (χ0n) is 18.4. The van der Waals surface area contributed by atoms with Crippen LogP contribution >= 0.6 is 11.8 Å². The molecule has 168 valence electrons. The molecule has 0 radical (unpaired) electrons. The molecule has 1 aliphatic rings. The van der Waals surface area contributed by atoms with E-state index in [-0.39, 0.29) is 11.1 Å². The molecule has 5 nitrogen and oxygen atoms in total. The summed E-state index contributed by atoms with van der Waals surface area (Å²) in [7, 11) is 1.58. The molecule has 0 N–H and O–H groups in total. The van der Waals surface area contributed by atoms with Gasteiger partial charge in [-0.15, -0.1) is 0 Å². The second-order valence-corrected chi connectivity index (χ2v) is 8.68. The molecular weight excluding hydrogens is 446 g/mol. The first-order valence-electron chi connectivity index (χ1n) is 10.7. The van der Waals surface area contributed by atoms with E-state index in [9.17, 15) is 9.59 Å². The Morgan fingerprint density at radius 3 is 2.44 bits per heavy atom. The van der Waals surface area contributed by atoms with Crippen LogP contribution in [0.3, 0.4) is 0 Å². The molecule has 1 aliphatic heterocycles. The van der Waals surface area contributed by atoms with E-state index in [1.54, 1.807) is 43.5 Å². The van der Waals surface area contributed by atoms with Crippen LogP contribution in [0.5, 0.6) is 11.5 Å². The van der Waals surface area contributed by atoms with Gasteiger partial charge in [-0.25, -0.2) is 4.90 Å². The van der Waals surface area contributed by atoms with Crippen molar-refractivity contribution in [2.75, 3.05) is 12.0 Å². The summed E-state index contributed by atoms with van der Waals surface area (Å²) in [5, 5.41) is 1.99. The second kappa shape index (κ2) is 9.45. The van der Waals surface area contributed by atoms with Gasteiger partial charge < -0.3 is 9.47 Å². The first kappa shape index (κ1) is 21.8. The maximum Gasteiger partial charge on any atom is 0.298 e. The fourth-order valence-electron chi connectivity index (χ4n) is 3.89. The smallest absolute Gasteiger partial charge is 0.298 e. The topological polar surface area (TPSA) is 55.8 Å². The van der Waals surface area contributed by atoms with Crippen LogP contribution in [0.1, 0.15) is 11.1 Å². The van der Waals surface area contributed by atoms with Crippen molar-refractivity contribution in [2.24, 2.45) is 0 Å². The number of nitrogens with zero attached hydrogens (tertiary/aromatic N) is 1. The zero-order valence-corrected chi connectivity index (χ0v) is 19.2. The second-order valence-electron chi connectivity index (χ2n) is 7.69. The summed E-state index contributed by atoms with van der Waals surface area (Å²) < 4.78 is 11.6. The number of imide groups is 1. The third-order valence-corrected chi connectivity index (χ3v) is 6.43. The lowest BCUT2D eigenvalue weighted by Gasteiger charge is -2.13. The first-order chi connectivity index (χ1) is 16.6. The summed E-state index contributed by atoms with van der Waals surface area (Å²) in [4.78, 5) is 26.9. The van der Waals surface area contributed by atoms with E-state index in [1.165, 1.54) is 4.90 Å². The third-order valence-electron chi connectivity index (χ3n) is 5.56. The molecule has 2 amide bonds. The minimum Gasteiger partial charge on any atom is -0.493 e.